The standard InChI is InChI=1S/C12H19N3O3/c1-4-5-10(12(17)18)13-11(16)6-9-7(2)14-15-8(9)3/h10H,4-6H2,1-3H3,(H,13,16)(H,14,15)(H,17,18). The van der Waals surface area contributed by atoms with Gasteiger partial charge in [0, 0.05) is 11.3 Å². The number of nitrogens with zero attached hydrogens (tertiary/aromatic N) is 1. The van der Waals surface area contributed by atoms with Crippen molar-refractivity contribution in [3.05, 3.63) is 17.0 Å². The molecule has 6 heteroatoms. The quantitative estimate of drug-likeness (QED) is 0.703. The molecule has 0 aromatic carbocycles. The zero-order chi connectivity index (χ0) is 13.7. The molecule has 100 valence electrons. The van der Waals surface area contributed by atoms with Crippen LogP contribution in [-0.4, -0.2) is 33.2 Å². The van der Waals surface area contributed by atoms with E-state index in [1.54, 1.807) is 0 Å². The van der Waals surface area contributed by atoms with Crippen molar-refractivity contribution in [2.24, 2.45) is 0 Å². The Bertz CT molecular complexity index is 420. The fraction of sp³-hybridized carbons (Fsp3) is 0.583. The number of aliphatic carboxylic acids is 1. The first-order valence-electron chi connectivity index (χ1n) is 5.98. The van der Waals surface area contributed by atoms with Crippen LogP contribution in [0.25, 0.3) is 0 Å². The van der Waals surface area contributed by atoms with Crippen molar-refractivity contribution in [1.29, 1.82) is 0 Å². The van der Waals surface area contributed by atoms with E-state index in [2.05, 4.69) is 15.5 Å². The summed E-state index contributed by atoms with van der Waals surface area (Å²) in [6.07, 6.45) is 1.30. The summed E-state index contributed by atoms with van der Waals surface area (Å²) in [4.78, 5) is 22.7. The summed E-state index contributed by atoms with van der Waals surface area (Å²) in [6.45, 7) is 5.53. The number of aryl methyl sites for hydroxylation is 2. The van der Waals surface area contributed by atoms with Crippen molar-refractivity contribution >= 4 is 11.9 Å². The lowest BCUT2D eigenvalue weighted by atomic mass is 10.1. The number of carbonyl (C=O) groups excluding carboxylic acids is 1. The van der Waals surface area contributed by atoms with Crippen LogP contribution < -0.4 is 5.32 Å². The van der Waals surface area contributed by atoms with Crippen LogP contribution in [0.1, 0.15) is 36.7 Å². The van der Waals surface area contributed by atoms with Crippen LogP contribution in [-0.2, 0) is 16.0 Å². The lowest BCUT2D eigenvalue weighted by Gasteiger charge is -2.13. The van der Waals surface area contributed by atoms with E-state index in [1.165, 1.54) is 0 Å². The summed E-state index contributed by atoms with van der Waals surface area (Å²) in [5.41, 5.74) is 2.43. The number of hydrogen-bond acceptors (Lipinski definition) is 3. The summed E-state index contributed by atoms with van der Waals surface area (Å²) in [7, 11) is 0. The molecule has 0 spiro atoms. The Kier molecular flexibility index (Phi) is 4.88. The molecule has 1 aromatic heterocycles. The third kappa shape index (κ3) is 3.58. The second-order valence-electron chi connectivity index (χ2n) is 4.34. The molecule has 1 amide bonds. The number of carbonyl (C=O) groups is 2. The molecule has 18 heavy (non-hydrogen) atoms. The van der Waals surface area contributed by atoms with Gasteiger partial charge in [-0.2, -0.15) is 5.10 Å². The molecule has 0 saturated carbocycles. The fourth-order valence-electron chi connectivity index (χ4n) is 1.79. The first-order valence-corrected chi connectivity index (χ1v) is 5.98. The molecule has 6 nitrogen and oxygen atoms in total. The Labute approximate surface area is 106 Å². The van der Waals surface area contributed by atoms with Crippen LogP contribution >= 0.6 is 0 Å². The third-order valence-corrected chi connectivity index (χ3v) is 2.83. The van der Waals surface area contributed by atoms with Crippen LogP contribution in [0.15, 0.2) is 0 Å². The largest absolute Gasteiger partial charge is 0.480 e. The van der Waals surface area contributed by atoms with Gasteiger partial charge in [-0.05, 0) is 20.3 Å². The van der Waals surface area contributed by atoms with E-state index >= 15 is 0 Å². The van der Waals surface area contributed by atoms with Crippen molar-refractivity contribution in [3.63, 3.8) is 0 Å². The Morgan fingerprint density at radius 1 is 1.44 bits per heavy atom. The number of hydrogen-bond donors (Lipinski definition) is 3. The zero-order valence-corrected chi connectivity index (χ0v) is 10.9. The van der Waals surface area contributed by atoms with E-state index in [9.17, 15) is 9.59 Å². The summed E-state index contributed by atoms with van der Waals surface area (Å²) in [5, 5.41) is 18.3. The van der Waals surface area contributed by atoms with E-state index < -0.39 is 12.0 Å². The SMILES string of the molecule is CCCC(NC(=O)Cc1c(C)n[nH]c1C)C(=O)O. The summed E-state index contributed by atoms with van der Waals surface area (Å²) in [5.74, 6) is -1.28. The molecule has 0 aliphatic heterocycles. The monoisotopic (exact) mass is 253 g/mol. The highest BCUT2D eigenvalue weighted by molar-refractivity contribution is 5.85. The molecule has 0 radical (unpaired) electrons. The highest BCUT2D eigenvalue weighted by Gasteiger charge is 2.20. The Hall–Kier alpha value is -1.85. The first-order chi connectivity index (χ1) is 8.45. The van der Waals surface area contributed by atoms with Gasteiger partial charge in [0.05, 0.1) is 12.1 Å². The molecular formula is C12H19N3O3. The van der Waals surface area contributed by atoms with E-state index in [0.717, 1.165) is 17.0 Å². The molecular weight excluding hydrogens is 234 g/mol. The maximum atomic E-state index is 11.8. The van der Waals surface area contributed by atoms with Crippen molar-refractivity contribution in [2.75, 3.05) is 0 Å². The molecule has 0 saturated heterocycles. The van der Waals surface area contributed by atoms with Crippen LogP contribution in [0.4, 0.5) is 0 Å². The van der Waals surface area contributed by atoms with Crippen molar-refractivity contribution in [2.45, 2.75) is 46.1 Å². The number of aromatic nitrogens is 2. The molecule has 1 rings (SSSR count). The highest BCUT2D eigenvalue weighted by atomic mass is 16.4. The highest BCUT2D eigenvalue weighted by Crippen LogP contribution is 2.10. The number of rotatable bonds is 6. The average Bonchev–Trinajstić information content (AvgIpc) is 2.60. The van der Waals surface area contributed by atoms with Crippen LogP contribution in [0.2, 0.25) is 0 Å². The topological polar surface area (TPSA) is 95.1 Å². The van der Waals surface area contributed by atoms with Gasteiger partial charge in [0.1, 0.15) is 6.04 Å². The Balaban J connectivity index is 2.63. The predicted molar refractivity (Wildman–Crippen MR) is 66.2 cm³/mol. The van der Waals surface area contributed by atoms with Gasteiger partial charge < -0.3 is 10.4 Å². The van der Waals surface area contributed by atoms with Crippen molar-refractivity contribution < 1.29 is 14.7 Å². The van der Waals surface area contributed by atoms with Gasteiger partial charge in [-0.15, -0.1) is 0 Å². The number of aromatic amines is 1. The second kappa shape index (κ2) is 6.18. The first kappa shape index (κ1) is 14.2. The van der Waals surface area contributed by atoms with Gasteiger partial charge >= 0.3 is 5.97 Å². The van der Waals surface area contributed by atoms with Crippen molar-refractivity contribution in [1.82, 2.24) is 15.5 Å². The van der Waals surface area contributed by atoms with Gasteiger partial charge in [0.2, 0.25) is 5.91 Å². The number of carboxylic acid groups (broad SMARTS) is 1. The average molecular weight is 253 g/mol. The summed E-state index contributed by atoms with van der Waals surface area (Å²) in [6, 6.07) is -0.810. The van der Waals surface area contributed by atoms with E-state index in [0.29, 0.717) is 12.8 Å². The number of carboxylic acids is 1. The molecule has 1 heterocycles. The lowest BCUT2D eigenvalue weighted by Crippen LogP contribution is -2.41. The molecule has 1 atom stereocenters. The van der Waals surface area contributed by atoms with Crippen molar-refractivity contribution in [3.8, 4) is 0 Å². The fourth-order valence-corrected chi connectivity index (χ4v) is 1.79. The molecule has 3 N–H and O–H groups in total. The minimum Gasteiger partial charge on any atom is -0.480 e. The van der Waals surface area contributed by atoms with E-state index in [4.69, 9.17) is 5.11 Å². The normalized spacial score (nSPS) is 12.2. The second-order valence-corrected chi connectivity index (χ2v) is 4.34. The summed E-state index contributed by atoms with van der Waals surface area (Å²) >= 11 is 0. The Morgan fingerprint density at radius 3 is 2.56 bits per heavy atom. The number of H-pyrrole nitrogens is 1. The molecule has 0 bridgehead atoms. The van der Waals surface area contributed by atoms with Gasteiger partial charge in [0.15, 0.2) is 0 Å². The van der Waals surface area contributed by atoms with Gasteiger partial charge in [-0.3, -0.25) is 9.89 Å². The minimum absolute atomic E-state index is 0.154. The van der Waals surface area contributed by atoms with Gasteiger partial charge in [-0.25, -0.2) is 4.79 Å². The third-order valence-electron chi connectivity index (χ3n) is 2.83. The molecule has 1 unspecified atom stereocenters. The number of amides is 1. The molecule has 1 aromatic rings. The van der Waals surface area contributed by atoms with E-state index in [-0.39, 0.29) is 12.3 Å². The van der Waals surface area contributed by atoms with E-state index in [1.807, 2.05) is 20.8 Å². The van der Waals surface area contributed by atoms with Crippen LogP contribution in [0, 0.1) is 13.8 Å². The number of nitrogens with one attached hydrogen (secondary N) is 2. The van der Waals surface area contributed by atoms with Gasteiger partial charge in [0.25, 0.3) is 0 Å². The Morgan fingerprint density at radius 2 is 2.11 bits per heavy atom. The summed E-state index contributed by atoms with van der Waals surface area (Å²) < 4.78 is 0. The zero-order valence-electron chi connectivity index (χ0n) is 10.9. The maximum Gasteiger partial charge on any atom is 0.326 e. The van der Waals surface area contributed by atoms with Gasteiger partial charge in [-0.1, -0.05) is 13.3 Å². The maximum absolute atomic E-state index is 11.8. The molecule has 0 aliphatic rings. The smallest absolute Gasteiger partial charge is 0.326 e. The minimum atomic E-state index is -0.995. The van der Waals surface area contributed by atoms with Crippen LogP contribution in [0.3, 0.4) is 0 Å². The molecule has 0 fully saturated rings. The predicted octanol–water partition coefficient (Wildman–Crippen LogP) is 0.939. The molecule has 0 aliphatic carbocycles. The lowest BCUT2D eigenvalue weighted by molar-refractivity contribution is -0.141. The van der Waals surface area contributed by atoms with Crippen LogP contribution in [0.5, 0.6) is 0 Å².